The molecular formula is C21H18ClFN4O4S2. The molecule has 12 heteroatoms. The van der Waals surface area contributed by atoms with Crippen LogP contribution in [-0.2, 0) is 19.9 Å². The number of sulfone groups is 1. The van der Waals surface area contributed by atoms with Gasteiger partial charge in [-0.1, -0.05) is 11.6 Å². The van der Waals surface area contributed by atoms with Crippen LogP contribution in [0.1, 0.15) is 5.56 Å². The molecule has 3 aromatic rings. The quantitative estimate of drug-likeness (QED) is 0.498. The third-order valence-electron chi connectivity index (χ3n) is 5.45. The predicted molar refractivity (Wildman–Crippen MR) is 122 cm³/mol. The minimum absolute atomic E-state index is 0.138. The van der Waals surface area contributed by atoms with Crippen LogP contribution in [0.25, 0.3) is 10.9 Å². The van der Waals surface area contributed by atoms with E-state index in [1.165, 1.54) is 10.5 Å². The van der Waals surface area contributed by atoms with Gasteiger partial charge in [-0.3, -0.25) is 4.98 Å². The average molecular weight is 509 g/mol. The van der Waals surface area contributed by atoms with E-state index in [2.05, 4.69) is 4.98 Å². The lowest BCUT2D eigenvalue weighted by Crippen LogP contribution is -2.48. The molecule has 1 fully saturated rings. The van der Waals surface area contributed by atoms with E-state index in [0.717, 1.165) is 24.5 Å². The average Bonchev–Trinajstić information content (AvgIpc) is 2.79. The lowest BCUT2D eigenvalue weighted by atomic mass is 10.1. The van der Waals surface area contributed by atoms with Crippen LogP contribution >= 0.6 is 11.6 Å². The smallest absolute Gasteiger partial charge is 0.211 e. The van der Waals surface area contributed by atoms with E-state index in [-0.39, 0.29) is 41.0 Å². The van der Waals surface area contributed by atoms with Gasteiger partial charge < -0.3 is 4.90 Å². The van der Waals surface area contributed by atoms with Gasteiger partial charge in [-0.05, 0) is 36.4 Å². The maximum Gasteiger partial charge on any atom is 0.211 e. The largest absolute Gasteiger partial charge is 0.367 e. The third-order valence-corrected chi connectivity index (χ3v) is 8.79. The molecule has 2 heterocycles. The fourth-order valence-electron chi connectivity index (χ4n) is 3.77. The van der Waals surface area contributed by atoms with E-state index in [1.54, 1.807) is 23.1 Å². The monoisotopic (exact) mass is 508 g/mol. The van der Waals surface area contributed by atoms with Gasteiger partial charge in [0.05, 0.1) is 39.0 Å². The van der Waals surface area contributed by atoms with E-state index in [9.17, 15) is 26.5 Å². The first kappa shape index (κ1) is 23.4. The Morgan fingerprint density at radius 3 is 2.36 bits per heavy atom. The molecule has 1 aliphatic heterocycles. The zero-order valence-corrected chi connectivity index (χ0v) is 19.8. The predicted octanol–water partition coefficient (Wildman–Crippen LogP) is 2.81. The minimum Gasteiger partial charge on any atom is -0.367 e. The summed E-state index contributed by atoms with van der Waals surface area (Å²) in [5.74, 6) is -0.747. The van der Waals surface area contributed by atoms with Crippen molar-refractivity contribution in [3.8, 4) is 6.07 Å². The number of sulfonamides is 1. The molecule has 0 atom stereocenters. The van der Waals surface area contributed by atoms with Crippen LogP contribution in [0, 0.1) is 17.1 Å². The van der Waals surface area contributed by atoms with Gasteiger partial charge in [0.25, 0.3) is 0 Å². The van der Waals surface area contributed by atoms with Gasteiger partial charge in [-0.25, -0.2) is 21.2 Å². The summed E-state index contributed by atoms with van der Waals surface area (Å²) in [6.45, 7) is 0.802. The molecule has 0 bridgehead atoms. The molecular weight excluding hydrogens is 491 g/mol. The Hall–Kier alpha value is -2.78. The molecule has 0 spiro atoms. The molecule has 8 nitrogen and oxygen atoms in total. The standard InChI is InChI=1S/C21H18ClFN4O4S2/c1-32(28,29)27-8-6-26(7-9-27)21-16-10-14(12-24)2-5-19(16)25-13-20(21)33(30,31)15-3-4-18(23)17(22)11-15/h2-5,10-11,13H,6-9H2,1H3. The van der Waals surface area contributed by atoms with E-state index < -0.39 is 25.7 Å². The Morgan fingerprint density at radius 1 is 1.06 bits per heavy atom. The van der Waals surface area contributed by atoms with Crippen molar-refractivity contribution in [2.45, 2.75) is 9.79 Å². The fourth-order valence-corrected chi connectivity index (χ4v) is 6.30. The summed E-state index contributed by atoms with van der Waals surface area (Å²) < 4.78 is 65.9. The van der Waals surface area contributed by atoms with Crippen LogP contribution in [0.5, 0.6) is 0 Å². The summed E-state index contributed by atoms with van der Waals surface area (Å²) in [5, 5.41) is 9.47. The van der Waals surface area contributed by atoms with Crippen molar-refractivity contribution in [3.63, 3.8) is 0 Å². The molecule has 172 valence electrons. The molecule has 2 aromatic carbocycles. The molecule has 4 rings (SSSR count). The van der Waals surface area contributed by atoms with Crippen LogP contribution in [0.4, 0.5) is 10.1 Å². The number of rotatable bonds is 4. The number of nitriles is 1. The van der Waals surface area contributed by atoms with Gasteiger partial charge in [-0.15, -0.1) is 0 Å². The second kappa shape index (κ2) is 8.53. The Morgan fingerprint density at radius 2 is 1.76 bits per heavy atom. The molecule has 0 unspecified atom stereocenters. The van der Waals surface area contributed by atoms with E-state index in [4.69, 9.17) is 11.6 Å². The van der Waals surface area contributed by atoms with Crippen LogP contribution < -0.4 is 4.90 Å². The molecule has 1 aliphatic rings. The maximum atomic E-state index is 13.7. The number of piperazine rings is 1. The number of benzene rings is 2. The van der Waals surface area contributed by atoms with E-state index >= 15 is 0 Å². The highest BCUT2D eigenvalue weighted by atomic mass is 35.5. The first-order chi connectivity index (χ1) is 15.5. The molecule has 0 N–H and O–H groups in total. The maximum absolute atomic E-state index is 13.7. The van der Waals surface area contributed by atoms with Crippen LogP contribution in [0.3, 0.4) is 0 Å². The molecule has 1 aromatic heterocycles. The molecule has 33 heavy (non-hydrogen) atoms. The highest BCUT2D eigenvalue weighted by Gasteiger charge is 2.31. The molecule has 0 aliphatic carbocycles. The first-order valence-electron chi connectivity index (χ1n) is 9.75. The van der Waals surface area contributed by atoms with Crippen molar-refractivity contribution in [2.24, 2.45) is 0 Å². The van der Waals surface area contributed by atoms with Gasteiger partial charge in [0.2, 0.25) is 19.9 Å². The Kier molecular flexibility index (Phi) is 6.05. The minimum atomic E-state index is -4.18. The fraction of sp³-hybridized carbons (Fsp3) is 0.238. The lowest BCUT2D eigenvalue weighted by molar-refractivity contribution is 0.387. The topological polar surface area (TPSA) is 111 Å². The second-order valence-corrected chi connectivity index (χ2v) is 11.9. The molecule has 0 saturated carbocycles. The highest BCUT2D eigenvalue weighted by Crippen LogP contribution is 2.37. The first-order valence-corrected chi connectivity index (χ1v) is 13.5. The Bertz CT molecular complexity index is 1510. The summed E-state index contributed by atoms with van der Waals surface area (Å²) >= 11 is 5.83. The number of halogens is 2. The number of nitrogens with zero attached hydrogens (tertiary/aromatic N) is 4. The molecule has 0 amide bonds. The number of hydrogen-bond acceptors (Lipinski definition) is 7. The van der Waals surface area contributed by atoms with Gasteiger partial charge in [-0.2, -0.15) is 9.57 Å². The summed E-state index contributed by atoms with van der Waals surface area (Å²) in [7, 11) is -7.57. The van der Waals surface area contributed by atoms with Crippen molar-refractivity contribution in [3.05, 3.63) is 59.0 Å². The number of hydrogen-bond donors (Lipinski definition) is 0. The summed E-state index contributed by atoms with van der Waals surface area (Å²) in [6, 6.07) is 9.92. The van der Waals surface area contributed by atoms with Gasteiger partial charge in [0.15, 0.2) is 0 Å². The Labute approximate surface area is 195 Å². The van der Waals surface area contributed by atoms with Crippen molar-refractivity contribution < 1.29 is 21.2 Å². The summed E-state index contributed by atoms with van der Waals surface area (Å²) in [5.41, 5.74) is 1.11. The van der Waals surface area contributed by atoms with E-state index in [0.29, 0.717) is 22.2 Å². The second-order valence-electron chi connectivity index (χ2n) is 7.54. The van der Waals surface area contributed by atoms with E-state index in [1.807, 2.05) is 6.07 Å². The third kappa shape index (κ3) is 4.39. The van der Waals surface area contributed by atoms with Crippen molar-refractivity contribution in [1.82, 2.24) is 9.29 Å². The zero-order valence-electron chi connectivity index (χ0n) is 17.4. The van der Waals surface area contributed by atoms with Crippen molar-refractivity contribution >= 4 is 48.1 Å². The van der Waals surface area contributed by atoms with Crippen molar-refractivity contribution in [2.75, 3.05) is 37.3 Å². The number of fused-ring (bicyclic) bond motifs is 1. The SMILES string of the molecule is CS(=O)(=O)N1CCN(c2c(S(=O)(=O)c3ccc(F)c(Cl)c3)cnc3ccc(C#N)cc23)CC1. The summed E-state index contributed by atoms with van der Waals surface area (Å²) in [6.07, 6.45) is 2.34. The van der Waals surface area contributed by atoms with Gasteiger partial charge >= 0.3 is 0 Å². The van der Waals surface area contributed by atoms with Crippen molar-refractivity contribution in [1.29, 1.82) is 5.26 Å². The van der Waals surface area contributed by atoms with Gasteiger partial charge in [0.1, 0.15) is 10.7 Å². The van der Waals surface area contributed by atoms with Crippen LogP contribution in [0.2, 0.25) is 5.02 Å². The zero-order chi connectivity index (χ0) is 24.0. The Balaban J connectivity index is 1.92. The highest BCUT2D eigenvalue weighted by molar-refractivity contribution is 7.91. The summed E-state index contributed by atoms with van der Waals surface area (Å²) in [4.78, 5) is 5.69. The lowest BCUT2D eigenvalue weighted by Gasteiger charge is -2.36. The molecule has 0 radical (unpaired) electrons. The molecule has 1 saturated heterocycles. The number of anilines is 1. The van der Waals surface area contributed by atoms with Gasteiger partial charge in [0, 0.05) is 37.8 Å². The van der Waals surface area contributed by atoms with Crippen LogP contribution in [-0.4, -0.2) is 58.6 Å². The van der Waals surface area contributed by atoms with Crippen LogP contribution in [0.15, 0.2) is 52.4 Å². The number of aromatic nitrogens is 1. The normalized spacial score (nSPS) is 15.5. The number of pyridine rings is 1.